The van der Waals surface area contributed by atoms with E-state index in [1.807, 2.05) is 18.2 Å². The van der Waals surface area contributed by atoms with Gasteiger partial charge in [-0.3, -0.25) is 0 Å². The van der Waals surface area contributed by atoms with Crippen LogP contribution >= 0.6 is 0 Å². The van der Waals surface area contributed by atoms with Gasteiger partial charge in [-0.1, -0.05) is 109 Å². The Morgan fingerprint density at radius 1 is 0.410 bits per heavy atom. The Kier molecular flexibility index (Phi) is 4.89. The van der Waals surface area contributed by atoms with Crippen LogP contribution in [0.2, 0.25) is 0 Å². The smallest absolute Gasteiger partial charge is 0.136 e. The molecule has 0 amide bonds. The third-order valence-corrected chi connectivity index (χ3v) is 7.83. The van der Waals surface area contributed by atoms with E-state index in [0.29, 0.717) is 0 Å². The van der Waals surface area contributed by atoms with Gasteiger partial charge in [0, 0.05) is 10.8 Å². The van der Waals surface area contributed by atoms with Crippen LogP contribution in [0.25, 0.3) is 76.9 Å². The predicted molar refractivity (Wildman–Crippen MR) is 164 cm³/mol. The molecule has 0 bridgehead atoms. The minimum absolute atomic E-state index is 0.918. The monoisotopic (exact) mass is 495 g/mol. The highest BCUT2D eigenvalue weighted by molar-refractivity contribution is 6.14. The van der Waals surface area contributed by atoms with E-state index < -0.39 is 0 Å². The molecular formula is C38H23O. The third kappa shape index (κ3) is 3.55. The standard InChI is InChI=1S/C38H23O/c1-2-11-30-28(9-1)23-36(33-14-6-5-12-31(30)33)32-13-4-3-10-29(32)26-19-17-25(18-20-26)27-21-22-35-34-15-7-8-16-37(34)39-38(35)24-27/h1-3,5-24H. The SMILES string of the molecule is [c]1ccc(-c2ccc(-c3ccc4c(c3)oc3ccccc34)cc2)c(-c2cc3ccccc3c3ccccc23)c1. The summed E-state index contributed by atoms with van der Waals surface area (Å²) in [6.45, 7) is 0. The lowest BCUT2D eigenvalue weighted by atomic mass is 9.88. The normalized spacial score (nSPS) is 11.6. The van der Waals surface area contributed by atoms with E-state index in [9.17, 15) is 0 Å². The fourth-order valence-electron chi connectivity index (χ4n) is 5.93. The minimum atomic E-state index is 0.918. The third-order valence-electron chi connectivity index (χ3n) is 7.83. The molecule has 1 radical (unpaired) electrons. The van der Waals surface area contributed by atoms with Crippen LogP contribution in [-0.2, 0) is 0 Å². The summed E-state index contributed by atoms with van der Waals surface area (Å²) in [6.07, 6.45) is 0. The number of rotatable bonds is 3. The molecule has 0 aliphatic carbocycles. The zero-order valence-electron chi connectivity index (χ0n) is 21.2. The van der Waals surface area contributed by atoms with Crippen LogP contribution in [0.4, 0.5) is 0 Å². The van der Waals surface area contributed by atoms with E-state index in [1.54, 1.807) is 0 Å². The average Bonchev–Trinajstić information content (AvgIpc) is 3.39. The summed E-state index contributed by atoms with van der Waals surface area (Å²) in [4.78, 5) is 0. The fraction of sp³-hybridized carbons (Fsp3) is 0. The van der Waals surface area contributed by atoms with Gasteiger partial charge in [-0.05, 0) is 91.3 Å². The molecule has 7 aromatic carbocycles. The first kappa shape index (κ1) is 21.9. The summed E-state index contributed by atoms with van der Waals surface area (Å²) in [5.41, 5.74) is 8.97. The molecule has 8 aromatic rings. The van der Waals surface area contributed by atoms with Gasteiger partial charge in [0.05, 0.1) is 0 Å². The summed E-state index contributed by atoms with van der Waals surface area (Å²) < 4.78 is 6.13. The lowest BCUT2D eigenvalue weighted by Crippen LogP contribution is -1.89. The van der Waals surface area contributed by atoms with Crippen LogP contribution < -0.4 is 0 Å². The zero-order valence-corrected chi connectivity index (χ0v) is 21.2. The van der Waals surface area contributed by atoms with Gasteiger partial charge in [0.15, 0.2) is 0 Å². The highest BCUT2D eigenvalue weighted by atomic mass is 16.3. The van der Waals surface area contributed by atoms with Crippen molar-refractivity contribution in [3.05, 3.63) is 146 Å². The van der Waals surface area contributed by atoms with E-state index in [2.05, 4.69) is 127 Å². The molecule has 1 heterocycles. The molecule has 0 aliphatic rings. The van der Waals surface area contributed by atoms with Gasteiger partial charge < -0.3 is 4.42 Å². The summed E-state index contributed by atoms with van der Waals surface area (Å²) >= 11 is 0. The van der Waals surface area contributed by atoms with Crippen molar-refractivity contribution < 1.29 is 4.42 Å². The second kappa shape index (κ2) is 8.72. The van der Waals surface area contributed by atoms with Crippen molar-refractivity contribution >= 4 is 43.5 Å². The molecule has 0 saturated carbocycles. The number of benzene rings is 7. The maximum absolute atomic E-state index is 6.13. The molecule has 0 fully saturated rings. The predicted octanol–water partition coefficient (Wildman–Crippen LogP) is 10.7. The molecule has 39 heavy (non-hydrogen) atoms. The molecule has 0 unspecified atom stereocenters. The summed E-state index contributed by atoms with van der Waals surface area (Å²) in [7, 11) is 0. The number of furan rings is 1. The van der Waals surface area contributed by atoms with E-state index >= 15 is 0 Å². The molecular weight excluding hydrogens is 472 g/mol. The lowest BCUT2D eigenvalue weighted by molar-refractivity contribution is 0.669. The Balaban J connectivity index is 1.24. The van der Waals surface area contributed by atoms with Crippen LogP contribution in [0, 0.1) is 6.07 Å². The molecule has 8 rings (SSSR count). The fourth-order valence-corrected chi connectivity index (χ4v) is 5.93. The maximum atomic E-state index is 6.13. The van der Waals surface area contributed by atoms with Crippen molar-refractivity contribution in [2.75, 3.05) is 0 Å². The molecule has 1 heteroatoms. The van der Waals surface area contributed by atoms with Crippen LogP contribution in [0.3, 0.4) is 0 Å². The lowest BCUT2D eigenvalue weighted by Gasteiger charge is -2.15. The molecule has 0 saturated heterocycles. The second-order valence-corrected chi connectivity index (χ2v) is 10.0. The Bertz CT molecular complexity index is 2160. The number of fused-ring (bicyclic) bond motifs is 6. The topological polar surface area (TPSA) is 13.1 Å². The first-order chi connectivity index (χ1) is 19.3. The highest BCUT2D eigenvalue weighted by Crippen LogP contribution is 2.40. The molecule has 1 aromatic heterocycles. The van der Waals surface area contributed by atoms with Crippen LogP contribution in [0.1, 0.15) is 0 Å². The minimum Gasteiger partial charge on any atom is -0.456 e. The van der Waals surface area contributed by atoms with Crippen LogP contribution in [0.15, 0.2) is 144 Å². The summed E-state index contributed by atoms with van der Waals surface area (Å²) in [6, 6.07) is 52.9. The zero-order chi connectivity index (χ0) is 25.8. The van der Waals surface area contributed by atoms with Crippen LogP contribution in [-0.4, -0.2) is 0 Å². The largest absolute Gasteiger partial charge is 0.456 e. The molecule has 0 atom stereocenters. The van der Waals surface area contributed by atoms with Crippen molar-refractivity contribution in [2.24, 2.45) is 0 Å². The van der Waals surface area contributed by atoms with Gasteiger partial charge in [0.1, 0.15) is 11.2 Å². The van der Waals surface area contributed by atoms with Gasteiger partial charge in [0.25, 0.3) is 0 Å². The van der Waals surface area contributed by atoms with Gasteiger partial charge in [0.2, 0.25) is 0 Å². The van der Waals surface area contributed by atoms with Crippen LogP contribution in [0.5, 0.6) is 0 Å². The van der Waals surface area contributed by atoms with Gasteiger partial charge in [-0.2, -0.15) is 0 Å². The highest BCUT2D eigenvalue weighted by Gasteiger charge is 2.13. The Hall–Kier alpha value is -5.14. The summed E-state index contributed by atoms with van der Waals surface area (Å²) in [5, 5.41) is 7.37. The van der Waals surface area contributed by atoms with E-state index in [0.717, 1.165) is 27.5 Å². The van der Waals surface area contributed by atoms with Crippen molar-refractivity contribution in [2.45, 2.75) is 0 Å². The van der Waals surface area contributed by atoms with Gasteiger partial charge in [-0.25, -0.2) is 0 Å². The van der Waals surface area contributed by atoms with Crippen molar-refractivity contribution in [3.8, 4) is 33.4 Å². The quantitative estimate of drug-likeness (QED) is 0.222. The Labute approximate surface area is 226 Å². The first-order valence-electron chi connectivity index (χ1n) is 13.3. The van der Waals surface area contributed by atoms with Crippen molar-refractivity contribution in [3.63, 3.8) is 0 Å². The Morgan fingerprint density at radius 2 is 1.08 bits per heavy atom. The number of para-hydroxylation sites is 1. The molecule has 1 nitrogen and oxygen atoms in total. The Morgan fingerprint density at radius 3 is 1.95 bits per heavy atom. The van der Waals surface area contributed by atoms with E-state index in [-0.39, 0.29) is 0 Å². The molecule has 0 aliphatic heterocycles. The first-order valence-corrected chi connectivity index (χ1v) is 13.3. The van der Waals surface area contributed by atoms with E-state index in [4.69, 9.17) is 4.42 Å². The van der Waals surface area contributed by atoms with Crippen molar-refractivity contribution in [1.29, 1.82) is 0 Å². The molecule has 0 N–H and O–H groups in total. The number of hydrogen-bond donors (Lipinski definition) is 0. The van der Waals surface area contributed by atoms with E-state index in [1.165, 1.54) is 49.4 Å². The van der Waals surface area contributed by atoms with Crippen molar-refractivity contribution in [1.82, 2.24) is 0 Å². The molecule has 0 spiro atoms. The average molecular weight is 496 g/mol. The van der Waals surface area contributed by atoms with Gasteiger partial charge >= 0.3 is 0 Å². The number of hydrogen-bond acceptors (Lipinski definition) is 1. The maximum Gasteiger partial charge on any atom is 0.136 e. The molecule has 181 valence electrons. The summed E-state index contributed by atoms with van der Waals surface area (Å²) in [5.74, 6) is 0. The van der Waals surface area contributed by atoms with Gasteiger partial charge in [-0.15, -0.1) is 0 Å². The second-order valence-electron chi connectivity index (χ2n) is 10.0.